The molecule has 1 atom stereocenters. The number of fused-ring (bicyclic) bond motifs is 1. The highest BCUT2D eigenvalue weighted by molar-refractivity contribution is 5.92. The largest absolute Gasteiger partial charge is 0.372 e. The average molecular weight is 310 g/mol. The van der Waals surface area contributed by atoms with Crippen LogP contribution in [-0.2, 0) is 6.54 Å². The molecule has 3 rings (SSSR count). The average Bonchev–Trinajstić information content (AvgIpc) is 2.72. The zero-order valence-electron chi connectivity index (χ0n) is 13.9. The third-order valence-corrected chi connectivity index (χ3v) is 4.40. The molecule has 0 saturated carbocycles. The van der Waals surface area contributed by atoms with Gasteiger partial charge in [0.25, 0.3) is 5.91 Å². The fraction of sp³-hybridized carbons (Fsp3) is 0.389. The summed E-state index contributed by atoms with van der Waals surface area (Å²) in [6.45, 7) is 5.41. The number of benzene rings is 1. The predicted octanol–water partition coefficient (Wildman–Crippen LogP) is 2.66. The van der Waals surface area contributed by atoms with E-state index < -0.39 is 0 Å². The third kappa shape index (κ3) is 3.04. The van der Waals surface area contributed by atoms with Gasteiger partial charge < -0.3 is 9.80 Å². The highest BCUT2D eigenvalue weighted by Crippen LogP contribution is 2.27. The van der Waals surface area contributed by atoms with Gasteiger partial charge in [0.15, 0.2) is 0 Å². The van der Waals surface area contributed by atoms with E-state index in [4.69, 9.17) is 0 Å². The first-order chi connectivity index (χ1) is 11.1. The summed E-state index contributed by atoms with van der Waals surface area (Å²) in [5, 5.41) is 0. The lowest BCUT2D eigenvalue weighted by atomic mass is 10.1. The molecule has 1 aliphatic rings. The van der Waals surface area contributed by atoms with Gasteiger partial charge in [-0.25, -0.2) is 4.98 Å². The molecule has 0 unspecified atom stereocenters. The third-order valence-electron chi connectivity index (χ3n) is 4.40. The fourth-order valence-electron chi connectivity index (χ4n) is 3.08. The molecular weight excluding hydrogens is 288 g/mol. The highest BCUT2D eigenvalue weighted by atomic mass is 16.2. The van der Waals surface area contributed by atoms with Crippen molar-refractivity contribution >= 4 is 11.6 Å². The normalized spacial score (nSPS) is 17.6. The van der Waals surface area contributed by atoms with Crippen molar-refractivity contribution in [2.75, 3.05) is 18.5 Å². The minimum absolute atomic E-state index is 0.0468. The van der Waals surface area contributed by atoms with E-state index in [-0.39, 0.29) is 11.9 Å². The van der Waals surface area contributed by atoms with Crippen LogP contribution in [0.25, 0.3) is 0 Å². The van der Waals surface area contributed by atoms with Crippen molar-refractivity contribution in [3.05, 3.63) is 53.6 Å². The molecule has 0 radical (unpaired) electrons. The maximum atomic E-state index is 13.0. The second-order valence-corrected chi connectivity index (χ2v) is 6.05. The van der Waals surface area contributed by atoms with Crippen LogP contribution in [0.4, 0.5) is 5.69 Å². The zero-order chi connectivity index (χ0) is 16.4. The van der Waals surface area contributed by atoms with Crippen molar-refractivity contribution in [1.29, 1.82) is 0 Å². The Kier molecular flexibility index (Phi) is 4.28. The van der Waals surface area contributed by atoms with E-state index in [0.29, 0.717) is 12.2 Å². The second kappa shape index (κ2) is 6.36. The molecule has 1 aliphatic heterocycles. The maximum Gasteiger partial charge on any atom is 0.274 e. The molecule has 1 aromatic carbocycles. The number of rotatable bonds is 2. The van der Waals surface area contributed by atoms with Gasteiger partial charge in [-0.2, -0.15) is 0 Å². The number of anilines is 1. The summed E-state index contributed by atoms with van der Waals surface area (Å²) in [7, 11) is 2.08. The van der Waals surface area contributed by atoms with Crippen molar-refractivity contribution in [3.8, 4) is 0 Å². The SMILES string of the molecule is CC[C@H]1CN(C)c2ccccc2CN1C(=O)c1cnc(C)cn1. The van der Waals surface area contributed by atoms with Crippen LogP contribution in [0.5, 0.6) is 0 Å². The van der Waals surface area contributed by atoms with Gasteiger partial charge >= 0.3 is 0 Å². The molecule has 0 bridgehead atoms. The first-order valence-electron chi connectivity index (χ1n) is 7.98. The molecule has 5 heteroatoms. The molecule has 120 valence electrons. The standard InChI is InChI=1S/C18H22N4O/c1-4-15-12-21(3)17-8-6-5-7-14(17)11-22(15)18(23)16-10-19-13(2)9-20-16/h5-10,15H,4,11-12H2,1-3H3/t15-/m0/s1. The quantitative estimate of drug-likeness (QED) is 0.855. The van der Waals surface area contributed by atoms with E-state index in [1.165, 1.54) is 11.3 Å². The van der Waals surface area contributed by atoms with E-state index in [1.54, 1.807) is 12.4 Å². The molecule has 0 saturated heterocycles. The minimum Gasteiger partial charge on any atom is -0.372 e. The summed E-state index contributed by atoms with van der Waals surface area (Å²) in [4.78, 5) is 25.6. The number of aromatic nitrogens is 2. The van der Waals surface area contributed by atoms with Gasteiger partial charge in [0.1, 0.15) is 5.69 Å². The lowest BCUT2D eigenvalue weighted by Gasteiger charge is -2.30. The fourth-order valence-corrected chi connectivity index (χ4v) is 3.08. The number of para-hydroxylation sites is 1. The number of amides is 1. The Labute approximate surface area is 137 Å². The summed E-state index contributed by atoms with van der Waals surface area (Å²) < 4.78 is 0. The van der Waals surface area contributed by atoms with E-state index >= 15 is 0 Å². The van der Waals surface area contributed by atoms with Crippen LogP contribution in [0.2, 0.25) is 0 Å². The summed E-state index contributed by atoms with van der Waals surface area (Å²) in [6, 6.07) is 8.42. The summed E-state index contributed by atoms with van der Waals surface area (Å²) in [5.41, 5.74) is 3.58. The molecular formula is C18H22N4O. The summed E-state index contributed by atoms with van der Waals surface area (Å²) in [6.07, 6.45) is 4.13. The lowest BCUT2D eigenvalue weighted by Crippen LogP contribution is -2.43. The van der Waals surface area contributed by atoms with Crippen LogP contribution in [-0.4, -0.2) is 40.4 Å². The molecule has 2 heterocycles. The van der Waals surface area contributed by atoms with Crippen molar-refractivity contribution in [3.63, 3.8) is 0 Å². The monoisotopic (exact) mass is 310 g/mol. The van der Waals surface area contributed by atoms with Crippen LogP contribution in [0.1, 0.15) is 35.1 Å². The highest BCUT2D eigenvalue weighted by Gasteiger charge is 2.29. The molecule has 2 aromatic rings. The molecule has 5 nitrogen and oxygen atoms in total. The molecule has 23 heavy (non-hydrogen) atoms. The second-order valence-electron chi connectivity index (χ2n) is 6.05. The van der Waals surface area contributed by atoms with Crippen LogP contribution < -0.4 is 4.90 Å². The molecule has 0 spiro atoms. The van der Waals surface area contributed by atoms with Crippen molar-refractivity contribution in [2.24, 2.45) is 0 Å². The van der Waals surface area contributed by atoms with E-state index in [2.05, 4.69) is 41.0 Å². The van der Waals surface area contributed by atoms with Crippen LogP contribution in [0.3, 0.4) is 0 Å². The van der Waals surface area contributed by atoms with Crippen molar-refractivity contribution in [1.82, 2.24) is 14.9 Å². The number of likely N-dealkylation sites (N-methyl/N-ethyl adjacent to an activating group) is 1. The Bertz CT molecular complexity index is 698. The van der Waals surface area contributed by atoms with Crippen molar-refractivity contribution in [2.45, 2.75) is 32.9 Å². The Morgan fingerprint density at radius 1 is 1.26 bits per heavy atom. The van der Waals surface area contributed by atoms with Gasteiger partial charge in [-0.15, -0.1) is 0 Å². The number of carbonyl (C=O) groups excluding carboxylic acids is 1. The van der Waals surface area contributed by atoms with Gasteiger partial charge in [0, 0.05) is 38.1 Å². The van der Waals surface area contributed by atoms with Gasteiger partial charge in [-0.05, 0) is 25.0 Å². The first kappa shape index (κ1) is 15.5. The summed E-state index contributed by atoms with van der Waals surface area (Å²) in [5.74, 6) is -0.0468. The Morgan fingerprint density at radius 3 is 2.74 bits per heavy atom. The van der Waals surface area contributed by atoms with Gasteiger partial charge in [0.05, 0.1) is 11.9 Å². The molecule has 1 aromatic heterocycles. The molecule has 0 N–H and O–H groups in total. The van der Waals surface area contributed by atoms with E-state index in [0.717, 1.165) is 18.7 Å². The van der Waals surface area contributed by atoms with Gasteiger partial charge in [-0.3, -0.25) is 9.78 Å². The maximum absolute atomic E-state index is 13.0. The first-order valence-corrected chi connectivity index (χ1v) is 7.98. The van der Waals surface area contributed by atoms with E-state index in [1.807, 2.05) is 24.0 Å². The minimum atomic E-state index is -0.0468. The Morgan fingerprint density at radius 2 is 2.04 bits per heavy atom. The van der Waals surface area contributed by atoms with Crippen LogP contribution in [0.15, 0.2) is 36.7 Å². The lowest BCUT2D eigenvalue weighted by molar-refractivity contribution is 0.0661. The van der Waals surface area contributed by atoms with Gasteiger partial charge in [0.2, 0.25) is 0 Å². The number of nitrogens with zero attached hydrogens (tertiary/aromatic N) is 4. The Hall–Kier alpha value is -2.43. The predicted molar refractivity (Wildman–Crippen MR) is 90.4 cm³/mol. The molecule has 0 fully saturated rings. The van der Waals surface area contributed by atoms with Crippen molar-refractivity contribution < 1.29 is 4.79 Å². The van der Waals surface area contributed by atoms with Crippen LogP contribution in [0, 0.1) is 6.92 Å². The number of carbonyl (C=O) groups is 1. The van der Waals surface area contributed by atoms with Crippen LogP contribution >= 0.6 is 0 Å². The molecule has 1 amide bonds. The van der Waals surface area contributed by atoms with Gasteiger partial charge in [-0.1, -0.05) is 25.1 Å². The summed E-state index contributed by atoms with van der Waals surface area (Å²) >= 11 is 0. The smallest absolute Gasteiger partial charge is 0.274 e. The van der Waals surface area contributed by atoms with E-state index in [9.17, 15) is 4.79 Å². The number of hydrogen-bond acceptors (Lipinski definition) is 4. The topological polar surface area (TPSA) is 49.3 Å². The molecule has 0 aliphatic carbocycles. The Balaban J connectivity index is 1.96. The zero-order valence-corrected chi connectivity index (χ0v) is 13.9. The number of aryl methyl sites for hydroxylation is 1. The number of hydrogen-bond donors (Lipinski definition) is 0.